The molecule has 0 aromatic carbocycles. The molecule has 1 amide bonds. The number of amides is 1. The van der Waals surface area contributed by atoms with Gasteiger partial charge >= 0.3 is 0 Å². The molecule has 0 spiro atoms. The van der Waals surface area contributed by atoms with E-state index in [2.05, 4.69) is 22.2 Å². The summed E-state index contributed by atoms with van der Waals surface area (Å²) in [5.41, 5.74) is 0. The summed E-state index contributed by atoms with van der Waals surface area (Å²) >= 11 is 0. The van der Waals surface area contributed by atoms with E-state index in [9.17, 15) is 4.79 Å². The molecule has 1 aromatic rings. The molecule has 1 aliphatic carbocycles. The fraction of sp³-hybridized carbons (Fsp3) is 0.667. The number of anilines is 1. The maximum Gasteiger partial charge on any atom is 0.229 e. The lowest BCUT2D eigenvalue weighted by Gasteiger charge is -2.27. The molecule has 1 aliphatic rings. The van der Waals surface area contributed by atoms with Gasteiger partial charge in [-0.05, 0) is 37.7 Å². The van der Waals surface area contributed by atoms with E-state index in [1.807, 2.05) is 0 Å². The van der Waals surface area contributed by atoms with Crippen molar-refractivity contribution in [1.29, 1.82) is 0 Å². The van der Waals surface area contributed by atoms with Crippen molar-refractivity contribution in [3.63, 3.8) is 0 Å². The van der Waals surface area contributed by atoms with Gasteiger partial charge in [0.25, 0.3) is 0 Å². The lowest BCUT2D eigenvalue weighted by Crippen LogP contribution is -2.27. The van der Waals surface area contributed by atoms with Crippen molar-refractivity contribution in [2.75, 3.05) is 5.32 Å². The Morgan fingerprint density at radius 1 is 1.26 bits per heavy atom. The van der Waals surface area contributed by atoms with Crippen molar-refractivity contribution in [1.82, 2.24) is 9.97 Å². The van der Waals surface area contributed by atoms with Gasteiger partial charge in [-0.15, -0.1) is 0 Å². The molecule has 19 heavy (non-hydrogen) atoms. The number of carbonyl (C=O) groups excluding carboxylic acids is 1. The Bertz CT molecular complexity index is 386. The molecule has 1 heterocycles. The molecule has 0 radical (unpaired) electrons. The van der Waals surface area contributed by atoms with Crippen molar-refractivity contribution in [2.24, 2.45) is 11.8 Å². The maximum absolute atomic E-state index is 12.1. The van der Waals surface area contributed by atoms with Gasteiger partial charge < -0.3 is 0 Å². The standard InChI is InChI=1S/C15H23N3O/c1-2-3-5-12-6-8-13(9-7-12)14(19)18-15-16-10-4-11-17-15/h4,10-13H,2-3,5-9H2,1H3,(H,16,17,18,19). The van der Waals surface area contributed by atoms with E-state index in [0.717, 1.165) is 18.8 Å². The third-order valence-electron chi connectivity index (χ3n) is 3.98. The number of rotatable bonds is 5. The molecule has 1 aromatic heterocycles. The van der Waals surface area contributed by atoms with E-state index < -0.39 is 0 Å². The molecule has 2 rings (SSSR count). The minimum absolute atomic E-state index is 0.0835. The van der Waals surface area contributed by atoms with Crippen molar-refractivity contribution < 1.29 is 4.79 Å². The summed E-state index contributed by atoms with van der Waals surface area (Å²) in [5.74, 6) is 1.47. The van der Waals surface area contributed by atoms with Crippen molar-refractivity contribution in [3.05, 3.63) is 18.5 Å². The molecule has 4 nitrogen and oxygen atoms in total. The molecule has 1 N–H and O–H groups in total. The quantitative estimate of drug-likeness (QED) is 0.883. The van der Waals surface area contributed by atoms with E-state index in [-0.39, 0.29) is 11.8 Å². The van der Waals surface area contributed by atoms with Crippen molar-refractivity contribution in [3.8, 4) is 0 Å². The summed E-state index contributed by atoms with van der Waals surface area (Å²) in [7, 11) is 0. The number of hydrogen-bond donors (Lipinski definition) is 1. The van der Waals surface area contributed by atoms with Crippen LogP contribution in [0.4, 0.5) is 5.95 Å². The predicted octanol–water partition coefficient (Wildman–Crippen LogP) is 3.41. The summed E-state index contributed by atoms with van der Waals surface area (Å²) in [6.45, 7) is 2.24. The van der Waals surface area contributed by atoms with Crippen LogP contribution in [0, 0.1) is 11.8 Å². The molecular formula is C15H23N3O. The normalized spacial score (nSPS) is 23.0. The third kappa shape index (κ3) is 4.30. The second-order valence-electron chi connectivity index (χ2n) is 5.42. The zero-order valence-electron chi connectivity index (χ0n) is 11.6. The average Bonchev–Trinajstić information content (AvgIpc) is 2.46. The first-order chi connectivity index (χ1) is 9.29. The van der Waals surface area contributed by atoms with Crippen LogP contribution in [-0.4, -0.2) is 15.9 Å². The van der Waals surface area contributed by atoms with Gasteiger partial charge in [-0.2, -0.15) is 0 Å². The summed E-state index contributed by atoms with van der Waals surface area (Å²) in [6.07, 6.45) is 11.6. The van der Waals surface area contributed by atoms with Gasteiger partial charge in [0.05, 0.1) is 0 Å². The van der Waals surface area contributed by atoms with Gasteiger partial charge in [-0.3, -0.25) is 10.1 Å². The Morgan fingerprint density at radius 3 is 2.58 bits per heavy atom. The number of carbonyl (C=O) groups is 1. The van der Waals surface area contributed by atoms with Crippen LogP contribution < -0.4 is 5.32 Å². The van der Waals surface area contributed by atoms with Gasteiger partial charge in [0.1, 0.15) is 0 Å². The molecule has 1 saturated carbocycles. The largest absolute Gasteiger partial charge is 0.294 e. The Hall–Kier alpha value is -1.45. The van der Waals surface area contributed by atoms with Crippen LogP contribution in [-0.2, 0) is 4.79 Å². The molecular weight excluding hydrogens is 238 g/mol. The molecule has 0 atom stereocenters. The highest BCUT2D eigenvalue weighted by atomic mass is 16.2. The lowest BCUT2D eigenvalue weighted by molar-refractivity contribution is -0.121. The number of nitrogens with zero attached hydrogens (tertiary/aromatic N) is 2. The van der Waals surface area contributed by atoms with Gasteiger partial charge in [-0.1, -0.05) is 26.2 Å². The van der Waals surface area contributed by atoms with E-state index >= 15 is 0 Å². The van der Waals surface area contributed by atoms with Gasteiger partial charge in [-0.25, -0.2) is 9.97 Å². The Morgan fingerprint density at radius 2 is 1.95 bits per heavy atom. The van der Waals surface area contributed by atoms with Crippen molar-refractivity contribution >= 4 is 11.9 Å². The Balaban J connectivity index is 1.76. The Kier molecular flexibility index (Phi) is 5.31. The zero-order valence-corrected chi connectivity index (χ0v) is 11.6. The third-order valence-corrected chi connectivity index (χ3v) is 3.98. The van der Waals surface area contributed by atoms with Gasteiger partial charge in [0, 0.05) is 18.3 Å². The summed E-state index contributed by atoms with van der Waals surface area (Å²) in [6, 6.07) is 1.74. The second kappa shape index (κ2) is 7.22. The van der Waals surface area contributed by atoms with Crippen LogP contribution in [0.25, 0.3) is 0 Å². The molecule has 0 aliphatic heterocycles. The fourth-order valence-electron chi connectivity index (χ4n) is 2.78. The van der Waals surface area contributed by atoms with Crippen LogP contribution >= 0.6 is 0 Å². The number of unbranched alkanes of at least 4 members (excludes halogenated alkanes) is 1. The van der Waals surface area contributed by atoms with Crippen LogP contribution in [0.1, 0.15) is 51.9 Å². The van der Waals surface area contributed by atoms with E-state index in [0.29, 0.717) is 5.95 Å². The predicted molar refractivity (Wildman–Crippen MR) is 75.6 cm³/mol. The topological polar surface area (TPSA) is 54.9 Å². The maximum atomic E-state index is 12.1. The first kappa shape index (κ1) is 14.0. The van der Waals surface area contributed by atoms with Crippen LogP contribution in [0.15, 0.2) is 18.5 Å². The smallest absolute Gasteiger partial charge is 0.229 e. The summed E-state index contributed by atoms with van der Waals surface area (Å²) in [5, 5.41) is 2.81. The molecule has 0 saturated heterocycles. The number of hydrogen-bond acceptors (Lipinski definition) is 3. The highest BCUT2D eigenvalue weighted by Gasteiger charge is 2.26. The van der Waals surface area contributed by atoms with Crippen molar-refractivity contribution in [2.45, 2.75) is 51.9 Å². The minimum Gasteiger partial charge on any atom is -0.294 e. The van der Waals surface area contributed by atoms with Crippen LogP contribution in [0.2, 0.25) is 0 Å². The van der Waals surface area contributed by atoms with Gasteiger partial charge in [0.15, 0.2) is 0 Å². The highest BCUT2D eigenvalue weighted by molar-refractivity contribution is 5.90. The monoisotopic (exact) mass is 261 g/mol. The fourth-order valence-corrected chi connectivity index (χ4v) is 2.78. The van der Waals surface area contributed by atoms with E-state index in [4.69, 9.17) is 0 Å². The molecule has 0 bridgehead atoms. The first-order valence-electron chi connectivity index (χ1n) is 7.37. The minimum atomic E-state index is 0.0835. The first-order valence-corrected chi connectivity index (χ1v) is 7.37. The molecule has 0 unspecified atom stereocenters. The van der Waals surface area contributed by atoms with Gasteiger partial charge in [0.2, 0.25) is 11.9 Å². The average molecular weight is 261 g/mol. The number of aromatic nitrogens is 2. The lowest BCUT2D eigenvalue weighted by atomic mass is 9.79. The van der Waals surface area contributed by atoms with E-state index in [1.165, 1.54) is 32.1 Å². The summed E-state index contributed by atoms with van der Waals surface area (Å²) < 4.78 is 0. The molecule has 1 fully saturated rings. The SMILES string of the molecule is CCCCC1CCC(C(=O)Nc2ncccn2)CC1. The Labute approximate surface area is 115 Å². The van der Waals surface area contributed by atoms with Crippen LogP contribution in [0.5, 0.6) is 0 Å². The molecule has 4 heteroatoms. The second-order valence-corrected chi connectivity index (χ2v) is 5.42. The van der Waals surface area contributed by atoms with E-state index in [1.54, 1.807) is 18.5 Å². The molecule has 104 valence electrons. The number of nitrogens with one attached hydrogen (secondary N) is 1. The van der Waals surface area contributed by atoms with Crippen LogP contribution in [0.3, 0.4) is 0 Å². The zero-order chi connectivity index (χ0) is 13.5. The summed E-state index contributed by atoms with van der Waals surface area (Å²) in [4.78, 5) is 20.1. The highest BCUT2D eigenvalue weighted by Crippen LogP contribution is 2.32.